The van der Waals surface area contributed by atoms with E-state index in [1.165, 1.54) is 16.7 Å². The Morgan fingerprint density at radius 1 is 0.909 bits per heavy atom. The van der Waals surface area contributed by atoms with Crippen molar-refractivity contribution in [2.24, 2.45) is 0 Å². The molecule has 168 valence electrons. The summed E-state index contributed by atoms with van der Waals surface area (Å²) in [6.45, 7) is 1.85. The Kier molecular flexibility index (Phi) is 6.95. The van der Waals surface area contributed by atoms with Crippen LogP contribution in [0.25, 0.3) is 0 Å². The number of amides is 4. The van der Waals surface area contributed by atoms with E-state index in [4.69, 9.17) is 0 Å². The maximum absolute atomic E-state index is 12.7. The lowest BCUT2D eigenvalue weighted by Crippen LogP contribution is -2.43. The van der Waals surface area contributed by atoms with Crippen LogP contribution in [0.5, 0.6) is 0 Å². The van der Waals surface area contributed by atoms with Crippen molar-refractivity contribution in [1.82, 2.24) is 5.32 Å². The molecule has 4 amide bonds. The number of para-hydroxylation sites is 2. The third kappa shape index (κ3) is 5.72. The van der Waals surface area contributed by atoms with E-state index in [2.05, 4.69) is 16.0 Å². The van der Waals surface area contributed by atoms with Crippen LogP contribution in [0, 0.1) is 0 Å². The minimum Gasteiger partial charge on any atom is -0.348 e. The van der Waals surface area contributed by atoms with E-state index < -0.39 is 0 Å². The van der Waals surface area contributed by atoms with Crippen molar-refractivity contribution in [2.75, 3.05) is 27.8 Å². The van der Waals surface area contributed by atoms with Crippen LogP contribution < -0.4 is 20.9 Å². The average Bonchev–Trinajstić information content (AvgIpc) is 2.82. The third-order valence-electron chi connectivity index (χ3n) is 5.19. The van der Waals surface area contributed by atoms with Gasteiger partial charge in [-0.25, -0.2) is 4.79 Å². The molecule has 1 aliphatic rings. The number of nitrogens with zero attached hydrogens (tertiary/aromatic N) is 1. The first-order valence-corrected chi connectivity index (χ1v) is 11.5. The molecule has 0 radical (unpaired) electrons. The van der Waals surface area contributed by atoms with Gasteiger partial charge in [0.2, 0.25) is 11.8 Å². The fourth-order valence-corrected chi connectivity index (χ4v) is 4.45. The van der Waals surface area contributed by atoms with Crippen LogP contribution in [-0.2, 0) is 9.59 Å². The minimum absolute atomic E-state index is 0.0277. The Hall–Kier alpha value is -3.78. The van der Waals surface area contributed by atoms with Crippen LogP contribution in [0.3, 0.4) is 0 Å². The molecule has 1 atom stereocenters. The molecule has 0 spiro atoms. The zero-order valence-electron chi connectivity index (χ0n) is 18.1. The van der Waals surface area contributed by atoms with Crippen molar-refractivity contribution in [2.45, 2.75) is 17.9 Å². The van der Waals surface area contributed by atoms with Crippen LogP contribution in [0.4, 0.5) is 21.9 Å². The van der Waals surface area contributed by atoms with Gasteiger partial charge in [0.15, 0.2) is 0 Å². The van der Waals surface area contributed by atoms with Crippen molar-refractivity contribution in [3.8, 4) is 0 Å². The predicted molar refractivity (Wildman–Crippen MR) is 132 cm³/mol. The number of anilines is 3. The molecule has 0 aliphatic carbocycles. The van der Waals surface area contributed by atoms with Gasteiger partial charge in [-0.2, -0.15) is 0 Å². The normalized spacial score (nSPS) is 13.6. The Morgan fingerprint density at radius 2 is 1.55 bits per heavy atom. The summed E-state index contributed by atoms with van der Waals surface area (Å²) in [5.41, 5.74) is 3.00. The molecule has 0 saturated heterocycles. The number of nitrogens with one attached hydrogen (secondary N) is 3. The van der Waals surface area contributed by atoms with Crippen molar-refractivity contribution >= 4 is 46.7 Å². The number of urea groups is 1. The molecule has 1 unspecified atom stereocenters. The number of hydrogen-bond acceptors (Lipinski definition) is 4. The summed E-state index contributed by atoms with van der Waals surface area (Å²) >= 11 is 1.49. The lowest BCUT2D eigenvalue weighted by Gasteiger charge is -2.28. The van der Waals surface area contributed by atoms with Gasteiger partial charge in [-0.05, 0) is 48.9 Å². The SMILES string of the molecule is CC(NC(=O)CN1C(=O)CSc2ccccc21)c1ccc(NC(=O)Nc2ccccc2)cc1. The van der Waals surface area contributed by atoms with Crippen LogP contribution in [0.2, 0.25) is 0 Å². The molecule has 33 heavy (non-hydrogen) atoms. The lowest BCUT2D eigenvalue weighted by atomic mass is 10.1. The second-order valence-corrected chi connectivity index (χ2v) is 8.61. The zero-order chi connectivity index (χ0) is 23.2. The van der Waals surface area contributed by atoms with Crippen LogP contribution >= 0.6 is 11.8 Å². The van der Waals surface area contributed by atoms with Gasteiger partial charge in [0.25, 0.3) is 0 Å². The van der Waals surface area contributed by atoms with Crippen molar-refractivity contribution < 1.29 is 14.4 Å². The fourth-order valence-electron chi connectivity index (χ4n) is 3.51. The summed E-state index contributed by atoms with van der Waals surface area (Å²) in [5, 5.41) is 8.49. The van der Waals surface area contributed by atoms with E-state index in [0.717, 1.165) is 16.1 Å². The Balaban J connectivity index is 1.32. The molecule has 0 saturated carbocycles. The molecule has 0 aromatic heterocycles. The molecule has 3 N–H and O–H groups in total. The second kappa shape index (κ2) is 10.2. The molecule has 7 nitrogen and oxygen atoms in total. The molecular formula is C25H24N4O3S. The van der Waals surface area contributed by atoms with Gasteiger partial charge in [-0.1, -0.05) is 42.5 Å². The largest absolute Gasteiger partial charge is 0.348 e. The number of fused-ring (bicyclic) bond motifs is 1. The zero-order valence-corrected chi connectivity index (χ0v) is 18.9. The van der Waals surface area contributed by atoms with Crippen LogP contribution in [0.1, 0.15) is 18.5 Å². The van der Waals surface area contributed by atoms with Gasteiger partial charge in [-0.15, -0.1) is 11.8 Å². The highest BCUT2D eigenvalue weighted by atomic mass is 32.2. The Morgan fingerprint density at radius 3 is 2.27 bits per heavy atom. The first kappa shape index (κ1) is 22.4. The quantitative estimate of drug-likeness (QED) is 0.500. The van der Waals surface area contributed by atoms with Gasteiger partial charge in [0.05, 0.1) is 17.5 Å². The van der Waals surface area contributed by atoms with Gasteiger partial charge in [0, 0.05) is 16.3 Å². The lowest BCUT2D eigenvalue weighted by molar-refractivity contribution is -0.123. The van der Waals surface area contributed by atoms with Crippen LogP contribution in [-0.4, -0.2) is 30.1 Å². The predicted octanol–water partition coefficient (Wildman–Crippen LogP) is 4.65. The molecule has 3 aromatic rings. The Labute approximate surface area is 196 Å². The number of carbonyl (C=O) groups is 3. The number of benzene rings is 3. The third-order valence-corrected chi connectivity index (χ3v) is 6.24. The van der Waals surface area contributed by atoms with E-state index in [-0.39, 0.29) is 30.4 Å². The molecule has 4 rings (SSSR count). The van der Waals surface area contributed by atoms with E-state index in [0.29, 0.717) is 17.1 Å². The topological polar surface area (TPSA) is 90.5 Å². The maximum atomic E-state index is 12.7. The molecule has 1 heterocycles. The summed E-state index contributed by atoms with van der Waals surface area (Å²) in [6, 6.07) is 23.5. The number of hydrogen-bond donors (Lipinski definition) is 3. The number of rotatable bonds is 6. The monoisotopic (exact) mass is 460 g/mol. The summed E-state index contributed by atoms with van der Waals surface area (Å²) in [5.74, 6) is 0.0132. The van der Waals surface area contributed by atoms with Crippen molar-refractivity contribution in [3.05, 3.63) is 84.4 Å². The molecule has 3 aromatic carbocycles. The maximum Gasteiger partial charge on any atom is 0.323 e. The number of thioether (sulfide) groups is 1. The fraction of sp³-hybridized carbons (Fsp3) is 0.160. The van der Waals surface area contributed by atoms with Gasteiger partial charge in [-0.3, -0.25) is 9.59 Å². The molecular weight excluding hydrogens is 436 g/mol. The highest BCUT2D eigenvalue weighted by Gasteiger charge is 2.26. The van der Waals surface area contributed by atoms with E-state index in [1.807, 2.05) is 73.7 Å². The molecule has 1 aliphatic heterocycles. The summed E-state index contributed by atoms with van der Waals surface area (Å²) in [6.07, 6.45) is 0. The minimum atomic E-state index is -0.333. The summed E-state index contributed by atoms with van der Waals surface area (Å²) in [7, 11) is 0. The van der Waals surface area contributed by atoms with Gasteiger partial charge < -0.3 is 20.9 Å². The van der Waals surface area contributed by atoms with E-state index in [1.54, 1.807) is 12.1 Å². The number of carbonyl (C=O) groups excluding carboxylic acids is 3. The smallest absolute Gasteiger partial charge is 0.323 e. The van der Waals surface area contributed by atoms with E-state index in [9.17, 15) is 14.4 Å². The van der Waals surface area contributed by atoms with Gasteiger partial charge in [0.1, 0.15) is 6.54 Å². The highest BCUT2D eigenvalue weighted by Crippen LogP contribution is 2.34. The highest BCUT2D eigenvalue weighted by molar-refractivity contribution is 8.00. The second-order valence-electron chi connectivity index (χ2n) is 7.59. The first-order valence-electron chi connectivity index (χ1n) is 10.5. The van der Waals surface area contributed by atoms with E-state index >= 15 is 0 Å². The van der Waals surface area contributed by atoms with Crippen LogP contribution in [0.15, 0.2) is 83.8 Å². The van der Waals surface area contributed by atoms with Crippen molar-refractivity contribution in [3.63, 3.8) is 0 Å². The molecule has 0 bridgehead atoms. The standard InChI is InChI=1S/C25H24N4O3S/c1-17(26-23(30)15-29-21-9-5-6-10-22(21)33-16-24(29)31)18-11-13-20(14-12-18)28-25(32)27-19-7-3-2-4-8-19/h2-14,17H,15-16H2,1H3,(H,26,30)(H2,27,28,32). The van der Waals surface area contributed by atoms with Gasteiger partial charge >= 0.3 is 6.03 Å². The van der Waals surface area contributed by atoms with Crippen molar-refractivity contribution in [1.29, 1.82) is 0 Å². The molecule has 8 heteroatoms. The molecule has 0 fully saturated rings. The first-order chi connectivity index (χ1) is 16.0. The summed E-state index contributed by atoms with van der Waals surface area (Å²) in [4.78, 5) is 39.7. The Bertz CT molecular complexity index is 1150. The average molecular weight is 461 g/mol. The summed E-state index contributed by atoms with van der Waals surface area (Å²) < 4.78 is 0.